The minimum absolute atomic E-state index is 0.235. The van der Waals surface area contributed by atoms with Crippen LogP contribution in [0.4, 0.5) is 5.69 Å². The predicted molar refractivity (Wildman–Crippen MR) is 117 cm³/mol. The van der Waals surface area contributed by atoms with Gasteiger partial charge in [0.2, 0.25) is 0 Å². The monoisotopic (exact) mass is 392 g/mol. The summed E-state index contributed by atoms with van der Waals surface area (Å²) in [5.74, 6) is -0.235. The molecule has 30 heavy (non-hydrogen) atoms. The number of carbonyl (C=O) groups is 1. The zero-order chi connectivity index (χ0) is 20.9. The maximum absolute atomic E-state index is 13.1. The van der Waals surface area contributed by atoms with Crippen molar-refractivity contribution in [3.8, 4) is 23.0 Å². The second kappa shape index (κ2) is 8.46. The number of rotatable bonds is 5. The van der Waals surface area contributed by atoms with Crippen molar-refractivity contribution in [2.24, 2.45) is 0 Å². The summed E-state index contributed by atoms with van der Waals surface area (Å²) in [6.45, 7) is 2.01. The molecule has 0 atom stereocenters. The van der Waals surface area contributed by atoms with Crippen molar-refractivity contribution in [1.82, 2.24) is 9.78 Å². The molecule has 4 aromatic rings. The summed E-state index contributed by atoms with van der Waals surface area (Å²) in [6.07, 6.45) is 2.10. The number of nitrogens with one attached hydrogen (secondary N) is 1. The van der Waals surface area contributed by atoms with Gasteiger partial charge in [-0.15, -0.1) is 0 Å². The predicted octanol–water partition coefficient (Wildman–Crippen LogP) is 5.17. The van der Waals surface area contributed by atoms with Gasteiger partial charge in [0.15, 0.2) is 0 Å². The van der Waals surface area contributed by atoms with Crippen LogP contribution in [-0.2, 0) is 6.42 Å². The first-order chi connectivity index (χ1) is 14.6. The number of aromatic nitrogens is 2. The van der Waals surface area contributed by atoms with Gasteiger partial charge in [-0.1, -0.05) is 54.1 Å². The number of carbonyl (C=O) groups excluding carboxylic acids is 1. The molecule has 0 saturated carbocycles. The van der Waals surface area contributed by atoms with E-state index in [-0.39, 0.29) is 5.91 Å². The van der Waals surface area contributed by atoms with Crippen LogP contribution in [0.2, 0.25) is 0 Å². The molecule has 5 nitrogen and oxygen atoms in total. The van der Waals surface area contributed by atoms with Crippen LogP contribution in [0.1, 0.15) is 21.5 Å². The largest absolute Gasteiger partial charge is 0.322 e. The third-order valence-electron chi connectivity index (χ3n) is 4.77. The van der Waals surface area contributed by atoms with E-state index >= 15 is 0 Å². The number of hydrogen-bond acceptors (Lipinski definition) is 3. The Morgan fingerprint density at radius 2 is 1.80 bits per heavy atom. The molecule has 1 N–H and O–H groups in total. The molecule has 1 aromatic heterocycles. The quantitative estimate of drug-likeness (QED) is 0.510. The lowest BCUT2D eigenvalue weighted by molar-refractivity contribution is 0.102. The fourth-order valence-electron chi connectivity index (χ4n) is 3.25. The van der Waals surface area contributed by atoms with Gasteiger partial charge in [-0.2, -0.15) is 10.4 Å². The van der Waals surface area contributed by atoms with Crippen LogP contribution < -0.4 is 5.32 Å². The average Bonchev–Trinajstić information content (AvgIpc) is 3.22. The molecule has 0 aliphatic carbocycles. The fourth-order valence-corrected chi connectivity index (χ4v) is 3.25. The number of aryl methyl sites for hydroxylation is 1. The van der Waals surface area contributed by atoms with Crippen LogP contribution in [0.15, 0.2) is 85.1 Å². The first-order valence-electron chi connectivity index (χ1n) is 9.63. The van der Waals surface area contributed by atoms with Crippen LogP contribution in [0, 0.1) is 18.3 Å². The Balaban J connectivity index is 1.71. The van der Waals surface area contributed by atoms with E-state index in [1.54, 1.807) is 23.0 Å². The van der Waals surface area contributed by atoms with Gasteiger partial charge in [0.25, 0.3) is 5.91 Å². The van der Waals surface area contributed by atoms with Gasteiger partial charge in [-0.25, -0.2) is 4.68 Å². The van der Waals surface area contributed by atoms with Gasteiger partial charge in [0, 0.05) is 17.4 Å². The summed E-state index contributed by atoms with van der Waals surface area (Å²) in [4.78, 5) is 13.1. The fraction of sp³-hybridized carbons (Fsp3) is 0.0800. The van der Waals surface area contributed by atoms with Crippen molar-refractivity contribution >= 4 is 11.6 Å². The van der Waals surface area contributed by atoms with Gasteiger partial charge >= 0.3 is 0 Å². The molecule has 0 aliphatic rings. The first-order valence-corrected chi connectivity index (χ1v) is 9.63. The Kier molecular flexibility index (Phi) is 5.40. The topological polar surface area (TPSA) is 70.7 Å². The maximum atomic E-state index is 13.1. The standard InChI is InChI=1S/C25H20N4O/c1-18-6-5-7-20(16-18)24-23(17-29(28-24)22-8-3-2-4-9-22)25(30)27-21-12-10-19(11-13-21)14-15-26/h2-13,16-17H,14H2,1H3,(H,27,30). The zero-order valence-corrected chi connectivity index (χ0v) is 16.5. The molecule has 146 valence electrons. The van der Waals surface area contributed by atoms with E-state index in [0.717, 1.165) is 22.4 Å². The Labute approximate surface area is 175 Å². The summed E-state index contributed by atoms with van der Waals surface area (Å²) in [6, 6.07) is 27.1. The molecule has 3 aromatic carbocycles. The van der Waals surface area contributed by atoms with Gasteiger partial charge in [-0.3, -0.25) is 4.79 Å². The van der Waals surface area contributed by atoms with Crippen molar-refractivity contribution in [2.75, 3.05) is 5.32 Å². The van der Waals surface area contributed by atoms with E-state index < -0.39 is 0 Å². The van der Waals surface area contributed by atoms with Crippen molar-refractivity contribution < 1.29 is 4.79 Å². The summed E-state index contributed by atoms with van der Waals surface area (Å²) in [5.41, 5.74) is 5.57. The number of nitriles is 1. The first kappa shape index (κ1) is 19.2. The van der Waals surface area contributed by atoms with Crippen molar-refractivity contribution in [3.63, 3.8) is 0 Å². The van der Waals surface area contributed by atoms with Crippen LogP contribution in [-0.4, -0.2) is 15.7 Å². The van der Waals surface area contributed by atoms with E-state index in [4.69, 9.17) is 10.4 Å². The van der Waals surface area contributed by atoms with Crippen LogP contribution in [0.25, 0.3) is 16.9 Å². The Hall–Kier alpha value is -4.17. The smallest absolute Gasteiger partial charge is 0.259 e. The highest BCUT2D eigenvalue weighted by Crippen LogP contribution is 2.25. The molecule has 5 heteroatoms. The minimum Gasteiger partial charge on any atom is -0.322 e. The van der Waals surface area contributed by atoms with E-state index in [1.807, 2.05) is 73.7 Å². The third kappa shape index (κ3) is 4.13. The van der Waals surface area contributed by atoms with Crippen LogP contribution in [0.3, 0.4) is 0 Å². The average molecular weight is 392 g/mol. The number of anilines is 1. The van der Waals surface area contributed by atoms with Gasteiger partial charge in [0.1, 0.15) is 5.69 Å². The molecule has 0 aliphatic heterocycles. The number of nitrogens with zero attached hydrogens (tertiary/aromatic N) is 3. The Bertz CT molecular complexity index is 1220. The highest BCUT2D eigenvalue weighted by Gasteiger charge is 2.19. The second-order valence-electron chi connectivity index (χ2n) is 7.03. The molecule has 4 rings (SSSR count). The molecular formula is C25H20N4O. The van der Waals surface area contributed by atoms with Gasteiger partial charge in [-0.05, 0) is 42.8 Å². The summed E-state index contributed by atoms with van der Waals surface area (Å²) < 4.78 is 1.72. The maximum Gasteiger partial charge on any atom is 0.259 e. The second-order valence-corrected chi connectivity index (χ2v) is 7.03. The van der Waals surface area contributed by atoms with Crippen LogP contribution >= 0.6 is 0 Å². The van der Waals surface area contributed by atoms with Gasteiger partial charge in [0.05, 0.1) is 23.7 Å². The SMILES string of the molecule is Cc1cccc(-c2nn(-c3ccccc3)cc2C(=O)Nc2ccc(CC#N)cc2)c1. The number of amides is 1. The lowest BCUT2D eigenvalue weighted by Crippen LogP contribution is -2.12. The highest BCUT2D eigenvalue weighted by atomic mass is 16.1. The lowest BCUT2D eigenvalue weighted by Gasteiger charge is -2.06. The zero-order valence-electron chi connectivity index (χ0n) is 16.5. The number of para-hydroxylation sites is 1. The van der Waals surface area contributed by atoms with Crippen molar-refractivity contribution in [1.29, 1.82) is 5.26 Å². The summed E-state index contributed by atoms with van der Waals surface area (Å²) in [5, 5.41) is 16.5. The molecule has 1 heterocycles. The highest BCUT2D eigenvalue weighted by molar-refractivity contribution is 6.08. The Morgan fingerprint density at radius 3 is 2.50 bits per heavy atom. The van der Waals surface area contributed by atoms with Crippen molar-refractivity contribution in [3.05, 3.63) is 102 Å². The molecule has 0 fully saturated rings. The summed E-state index contributed by atoms with van der Waals surface area (Å²) in [7, 11) is 0. The lowest BCUT2D eigenvalue weighted by atomic mass is 10.1. The van der Waals surface area contributed by atoms with E-state index in [9.17, 15) is 4.79 Å². The molecule has 0 saturated heterocycles. The normalized spacial score (nSPS) is 10.4. The Morgan fingerprint density at radius 1 is 1.03 bits per heavy atom. The summed E-state index contributed by atoms with van der Waals surface area (Å²) >= 11 is 0. The van der Waals surface area contributed by atoms with Crippen LogP contribution in [0.5, 0.6) is 0 Å². The molecule has 0 unspecified atom stereocenters. The molecule has 0 spiro atoms. The van der Waals surface area contributed by atoms with E-state index in [0.29, 0.717) is 23.4 Å². The van der Waals surface area contributed by atoms with E-state index in [1.165, 1.54) is 0 Å². The molecule has 1 amide bonds. The van der Waals surface area contributed by atoms with E-state index in [2.05, 4.69) is 11.4 Å². The number of hydrogen-bond donors (Lipinski definition) is 1. The molecular weight excluding hydrogens is 372 g/mol. The third-order valence-corrected chi connectivity index (χ3v) is 4.77. The number of benzene rings is 3. The molecule has 0 bridgehead atoms. The molecule has 0 radical (unpaired) electrons. The van der Waals surface area contributed by atoms with Crippen molar-refractivity contribution in [2.45, 2.75) is 13.3 Å². The van der Waals surface area contributed by atoms with Gasteiger partial charge < -0.3 is 5.32 Å². The minimum atomic E-state index is -0.235.